The summed E-state index contributed by atoms with van der Waals surface area (Å²) in [5.41, 5.74) is 1.07. The first-order valence-corrected chi connectivity index (χ1v) is 7.88. The van der Waals surface area contributed by atoms with Crippen molar-refractivity contribution in [3.05, 3.63) is 29.8 Å². The number of hydrogen-bond acceptors (Lipinski definition) is 4. The number of anilines is 1. The van der Waals surface area contributed by atoms with E-state index in [9.17, 15) is 14.0 Å². The average molecular weight is 338 g/mol. The van der Waals surface area contributed by atoms with E-state index >= 15 is 0 Å². The third-order valence-corrected chi connectivity index (χ3v) is 3.67. The maximum atomic E-state index is 13.0. The van der Waals surface area contributed by atoms with Gasteiger partial charge >= 0.3 is 6.03 Å². The van der Waals surface area contributed by atoms with Gasteiger partial charge in [-0.3, -0.25) is 4.79 Å². The van der Waals surface area contributed by atoms with Crippen LogP contribution in [-0.2, 0) is 4.74 Å². The summed E-state index contributed by atoms with van der Waals surface area (Å²) >= 11 is 0. The second kappa shape index (κ2) is 9.19. The molecule has 0 unspecified atom stereocenters. The van der Waals surface area contributed by atoms with Crippen LogP contribution < -0.4 is 21.3 Å². The lowest BCUT2D eigenvalue weighted by molar-refractivity contribution is 0.0937. The third kappa shape index (κ3) is 5.78. The van der Waals surface area contributed by atoms with Gasteiger partial charge in [-0.15, -0.1) is 0 Å². The topological polar surface area (TPSA) is 91.5 Å². The van der Waals surface area contributed by atoms with Crippen molar-refractivity contribution in [2.45, 2.75) is 18.6 Å². The zero-order chi connectivity index (χ0) is 17.4. The number of carbonyl (C=O) groups excluding carboxylic acids is 2. The molecule has 1 aromatic rings. The van der Waals surface area contributed by atoms with E-state index in [4.69, 9.17) is 4.74 Å². The lowest BCUT2D eigenvalue weighted by atomic mass is 10.2. The van der Waals surface area contributed by atoms with Crippen LogP contribution >= 0.6 is 0 Å². The highest BCUT2D eigenvalue weighted by Crippen LogP contribution is 2.10. The van der Waals surface area contributed by atoms with Gasteiger partial charge in [0.1, 0.15) is 6.17 Å². The molecule has 0 aromatic heterocycles. The average Bonchev–Trinajstić information content (AvgIpc) is 2.99. The molecule has 2 atom stereocenters. The zero-order valence-electron chi connectivity index (χ0n) is 13.6. The van der Waals surface area contributed by atoms with Crippen LogP contribution in [0.25, 0.3) is 0 Å². The van der Waals surface area contributed by atoms with Crippen LogP contribution in [0.15, 0.2) is 24.3 Å². The van der Waals surface area contributed by atoms with Crippen LogP contribution in [0.3, 0.4) is 0 Å². The lowest BCUT2D eigenvalue weighted by Gasteiger charge is -2.12. The fourth-order valence-corrected chi connectivity index (χ4v) is 2.39. The predicted molar refractivity (Wildman–Crippen MR) is 89.0 cm³/mol. The van der Waals surface area contributed by atoms with E-state index in [2.05, 4.69) is 21.3 Å². The van der Waals surface area contributed by atoms with E-state index in [0.29, 0.717) is 43.9 Å². The Morgan fingerprint density at radius 3 is 2.67 bits per heavy atom. The molecule has 0 spiro atoms. The molecule has 1 aliphatic rings. The molecule has 4 N–H and O–H groups in total. The number of alkyl halides is 1. The van der Waals surface area contributed by atoms with Crippen molar-refractivity contribution in [3.63, 3.8) is 0 Å². The van der Waals surface area contributed by atoms with Gasteiger partial charge in [0.2, 0.25) is 0 Å². The summed E-state index contributed by atoms with van der Waals surface area (Å²) in [6.07, 6.45) is -0.435. The fourth-order valence-electron chi connectivity index (χ4n) is 2.39. The van der Waals surface area contributed by atoms with E-state index in [1.54, 1.807) is 31.4 Å². The summed E-state index contributed by atoms with van der Waals surface area (Å²) < 4.78 is 17.9. The summed E-state index contributed by atoms with van der Waals surface area (Å²) in [6, 6.07) is 6.15. The monoisotopic (exact) mass is 338 g/mol. The number of benzene rings is 1. The summed E-state index contributed by atoms with van der Waals surface area (Å²) in [6.45, 7) is 1.59. The molecule has 7 nitrogen and oxygen atoms in total. The minimum Gasteiger partial charge on any atom is -0.383 e. The molecule has 2 rings (SSSR count). The van der Waals surface area contributed by atoms with Crippen LogP contribution in [0, 0.1) is 0 Å². The number of hydrogen-bond donors (Lipinski definition) is 4. The van der Waals surface area contributed by atoms with Gasteiger partial charge in [-0.05, 0) is 30.7 Å². The molecule has 1 aliphatic heterocycles. The Balaban J connectivity index is 1.74. The van der Waals surface area contributed by atoms with Gasteiger partial charge in [0.25, 0.3) is 5.91 Å². The number of urea groups is 1. The predicted octanol–water partition coefficient (Wildman–Crippen LogP) is 0.884. The van der Waals surface area contributed by atoms with Gasteiger partial charge in [-0.2, -0.15) is 0 Å². The van der Waals surface area contributed by atoms with Gasteiger partial charge in [-0.1, -0.05) is 0 Å². The summed E-state index contributed by atoms with van der Waals surface area (Å²) in [5.74, 6) is -0.198. The van der Waals surface area contributed by atoms with Crippen molar-refractivity contribution in [1.82, 2.24) is 16.0 Å². The highest BCUT2D eigenvalue weighted by Gasteiger charge is 2.23. The number of ether oxygens (including phenoxy) is 1. The van der Waals surface area contributed by atoms with Crippen LogP contribution in [0.1, 0.15) is 16.8 Å². The molecule has 0 saturated carbocycles. The van der Waals surface area contributed by atoms with Crippen molar-refractivity contribution in [2.75, 3.05) is 38.7 Å². The first kappa shape index (κ1) is 18.2. The molecule has 132 valence electrons. The van der Waals surface area contributed by atoms with Gasteiger partial charge in [0, 0.05) is 44.0 Å². The van der Waals surface area contributed by atoms with Gasteiger partial charge in [0.05, 0.1) is 6.61 Å². The molecular weight excluding hydrogens is 315 g/mol. The molecule has 0 radical (unpaired) electrons. The lowest BCUT2D eigenvalue weighted by Crippen LogP contribution is -2.39. The van der Waals surface area contributed by atoms with Gasteiger partial charge in [-0.25, -0.2) is 9.18 Å². The number of nitrogens with one attached hydrogen (secondary N) is 4. The SMILES string of the molecule is COCCNC(=O)c1ccc(NC(=O)NC[C@@H]2C[C@H](F)CN2)cc1. The molecular formula is C16H23FN4O3. The number of rotatable bonds is 7. The van der Waals surface area contributed by atoms with Crippen LogP contribution in [-0.4, -0.2) is 57.5 Å². The third-order valence-electron chi connectivity index (χ3n) is 3.67. The largest absolute Gasteiger partial charge is 0.383 e. The number of methoxy groups -OCH3 is 1. The summed E-state index contributed by atoms with van der Waals surface area (Å²) in [7, 11) is 1.57. The molecule has 8 heteroatoms. The van der Waals surface area contributed by atoms with Gasteiger partial charge in [0.15, 0.2) is 0 Å². The van der Waals surface area contributed by atoms with Crippen molar-refractivity contribution < 1.29 is 18.7 Å². The fraction of sp³-hybridized carbons (Fsp3) is 0.500. The van der Waals surface area contributed by atoms with Gasteiger partial charge < -0.3 is 26.0 Å². The van der Waals surface area contributed by atoms with Crippen molar-refractivity contribution >= 4 is 17.6 Å². The Morgan fingerprint density at radius 1 is 1.29 bits per heavy atom. The first-order valence-electron chi connectivity index (χ1n) is 7.88. The standard InChI is InChI=1S/C16H23FN4O3/c1-24-7-6-18-15(22)11-2-4-13(5-3-11)21-16(23)20-10-14-8-12(17)9-19-14/h2-5,12,14,19H,6-10H2,1H3,(H,18,22)(H2,20,21,23)/t12-,14-/m0/s1. The molecule has 1 aromatic carbocycles. The number of amides is 3. The molecule has 0 aliphatic carbocycles. The van der Waals surface area contributed by atoms with Crippen LogP contribution in [0.5, 0.6) is 0 Å². The van der Waals surface area contributed by atoms with E-state index in [1.165, 1.54) is 0 Å². The minimum absolute atomic E-state index is 0.0380. The molecule has 3 amide bonds. The Kier molecular flexibility index (Phi) is 6.95. The summed E-state index contributed by atoms with van der Waals surface area (Å²) in [5, 5.41) is 11.1. The molecule has 24 heavy (non-hydrogen) atoms. The zero-order valence-corrected chi connectivity index (χ0v) is 13.6. The van der Waals surface area contributed by atoms with Crippen molar-refractivity contribution in [2.24, 2.45) is 0 Å². The number of carbonyl (C=O) groups is 2. The van der Waals surface area contributed by atoms with E-state index < -0.39 is 6.17 Å². The molecule has 1 heterocycles. The second-order valence-electron chi connectivity index (χ2n) is 5.60. The van der Waals surface area contributed by atoms with Crippen molar-refractivity contribution in [1.29, 1.82) is 0 Å². The maximum Gasteiger partial charge on any atom is 0.319 e. The van der Waals surface area contributed by atoms with E-state index in [0.717, 1.165) is 0 Å². The normalized spacial score (nSPS) is 19.8. The first-order chi connectivity index (χ1) is 11.6. The Labute approximate surface area is 140 Å². The quantitative estimate of drug-likeness (QED) is 0.556. The smallest absolute Gasteiger partial charge is 0.319 e. The number of halogens is 1. The minimum atomic E-state index is -0.845. The second-order valence-corrected chi connectivity index (χ2v) is 5.60. The highest BCUT2D eigenvalue weighted by atomic mass is 19.1. The van der Waals surface area contributed by atoms with Crippen molar-refractivity contribution in [3.8, 4) is 0 Å². The van der Waals surface area contributed by atoms with E-state index in [-0.39, 0.29) is 18.0 Å². The Bertz CT molecular complexity index is 553. The molecule has 0 bridgehead atoms. The van der Waals surface area contributed by atoms with Crippen LogP contribution in [0.4, 0.5) is 14.9 Å². The Morgan fingerprint density at radius 2 is 2.04 bits per heavy atom. The molecule has 1 saturated heterocycles. The highest BCUT2D eigenvalue weighted by molar-refractivity contribution is 5.95. The summed E-state index contributed by atoms with van der Waals surface area (Å²) in [4.78, 5) is 23.6. The Hall–Kier alpha value is -2.19. The maximum absolute atomic E-state index is 13.0. The van der Waals surface area contributed by atoms with Crippen LogP contribution in [0.2, 0.25) is 0 Å². The molecule has 1 fully saturated rings. The van der Waals surface area contributed by atoms with E-state index in [1.807, 2.05) is 0 Å².